The third-order valence-corrected chi connectivity index (χ3v) is 3.32. The van der Waals surface area contributed by atoms with E-state index in [0.29, 0.717) is 0 Å². The van der Waals surface area contributed by atoms with Crippen LogP contribution in [0.4, 0.5) is 0 Å². The molecular formula is C13H15NO2. The minimum atomic E-state index is 0.0986. The van der Waals surface area contributed by atoms with Crippen LogP contribution in [0.1, 0.15) is 5.56 Å². The van der Waals surface area contributed by atoms with Crippen molar-refractivity contribution >= 4 is 11.0 Å². The van der Waals surface area contributed by atoms with Crippen LogP contribution in [0.3, 0.4) is 0 Å². The Hall–Kier alpha value is -1.32. The minimum absolute atomic E-state index is 0.0986. The van der Waals surface area contributed by atoms with E-state index in [4.69, 9.17) is 9.15 Å². The first kappa shape index (κ1) is 9.87. The highest BCUT2D eigenvalue weighted by Gasteiger charge is 2.41. The lowest BCUT2D eigenvalue weighted by molar-refractivity contribution is -0.0578. The number of ether oxygens (including phenoxy) is 1. The second-order valence-corrected chi connectivity index (χ2v) is 4.45. The zero-order valence-corrected chi connectivity index (χ0v) is 9.32. The number of fused-ring (bicyclic) bond motifs is 1. The van der Waals surface area contributed by atoms with Gasteiger partial charge in [0.05, 0.1) is 24.9 Å². The molecule has 0 unspecified atom stereocenters. The SMILES string of the molecule is CNCC1(c2coc3ccccc23)COC1. The van der Waals surface area contributed by atoms with Gasteiger partial charge < -0.3 is 14.5 Å². The highest BCUT2D eigenvalue weighted by molar-refractivity contribution is 5.82. The molecule has 0 atom stereocenters. The van der Waals surface area contributed by atoms with Crippen molar-refractivity contribution in [3.8, 4) is 0 Å². The van der Waals surface area contributed by atoms with E-state index in [1.54, 1.807) is 0 Å². The van der Waals surface area contributed by atoms with Crippen LogP contribution in [-0.2, 0) is 10.2 Å². The Morgan fingerprint density at radius 1 is 1.31 bits per heavy atom. The first-order valence-corrected chi connectivity index (χ1v) is 5.55. The van der Waals surface area contributed by atoms with Gasteiger partial charge in [-0.25, -0.2) is 0 Å². The molecule has 2 aromatic rings. The third kappa shape index (κ3) is 1.29. The molecule has 1 aromatic heterocycles. The fourth-order valence-corrected chi connectivity index (χ4v) is 2.43. The lowest BCUT2D eigenvalue weighted by atomic mass is 9.78. The molecular weight excluding hydrogens is 202 g/mol. The van der Waals surface area contributed by atoms with Gasteiger partial charge in [0.15, 0.2) is 0 Å². The summed E-state index contributed by atoms with van der Waals surface area (Å²) in [5.74, 6) is 0. The summed E-state index contributed by atoms with van der Waals surface area (Å²) in [4.78, 5) is 0. The van der Waals surface area contributed by atoms with Crippen LogP contribution in [0.25, 0.3) is 11.0 Å². The van der Waals surface area contributed by atoms with Crippen LogP contribution in [-0.4, -0.2) is 26.8 Å². The minimum Gasteiger partial charge on any atom is -0.464 e. The second-order valence-electron chi connectivity index (χ2n) is 4.45. The summed E-state index contributed by atoms with van der Waals surface area (Å²) in [6.07, 6.45) is 1.88. The van der Waals surface area contributed by atoms with Crippen LogP contribution in [0.2, 0.25) is 0 Å². The van der Waals surface area contributed by atoms with E-state index in [1.165, 1.54) is 10.9 Å². The van der Waals surface area contributed by atoms with E-state index in [9.17, 15) is 0 Å². The van der Waals surface area contributed by atoms with Crippen LogP contribution in [0, 0.1) is 0 Å². The predicted octanol–water partition coefficient (Wildman–Crippen LogP) is 1.92. The lowest BCUT2D eigenvalue weighted by Crippen LogP contribution is -2.52. The lowest BCUT2D eigenvalue weighted by Gasteiger charge is -2.41. The molecule has 1 fully saturated rings. The molecule has 0 bridgehead atoms. The summed E-state index contributed by atoms with van der Waals surface area (Å²) < 4.78 is 11.0. The molecule has 3 nitrogen and oxygen atoms in total. The highest BCUT2D eigenvalue weighted by atomic mass is 16.5. The van der Waals surface area contributed by atoms with Gasteiger partial charge in [0.1, 0.15) is 5.58 Å². The molecule has 16 heavy (non-hydrogen) atoms. The third-order valence-electron chi connectivity index (χ3n) is 3.32. The Morgan fingerprint density at radius 2 is 2.12 bits per heavy atom. The smallest absolute Gasteiger partial charge is 0.134 e. The van der Waals surface area contributed by atoms with Crippen LogP contribution >= 0.6 is 0 Å². The molecule has 1 N–H and O–H groups in total. The molecule has 1 aliphatic rings. The zero-order chi connectivity index (χ0) is 11.0. The summed E-state index contributed by atoms with van der Waals surface area (Å²) in [6.45, 7) is 2.48. The number of hydrogen-bond acceptors (Lipinski definition) is 3. The quantitative estimate of drug-likeness (QED) is 0.853. The Morgan fingerprint density at radius 3 is 2.81 bits per heavy atom. The summed E-state index contributed by atoms with van der Waals surface area (Å²) in [5, 5.41) is 4.45. The summed E-state index contributed by atoms with van der Waals surface area (Å²) in [6, 6.07) is 8.17. The van der Waals surface area contributed by atoms with Crippen molar-refractivity contribution in [2.75, 3.05) is 26.8 Å². The van der Waals surface area contributed by atoms with Gasteiger partial charge in [-0.2, -0.15) is 0 Å². The average molecular weight is 217 g/mol. The number of furan rings is 1. The molecule has 2 heterocycles. The Balaban J connectivity index is 2.10. The van der Waals surface area contributed by atoms with Gasteiger partial charge >= 0.3 is 0 Å². The first-order valence-electron chi connectivity index (χ1n) is 5.55. The second kappa shape index (κ2) is 3.61. The molecule has 1 aromatic carbocycles. The van der Waals surface area contributed by atoms with Crippen LogP contribution in [0.5, 0.6) is 0 Å². The van der Waals surface area contributed by atoms with Crippen molar-refractivity contribution in [2.45, 2.75) is 5.41 Å². The molecule has 0 aliphatic carbocycles. The molecule has 0 saturated carbocycles. The zero-order valence-electron chi connectivity index (χ0n) is 9.32. The maximum absolute atomic E-state index is 5.59. The molecule has 84 valence electrons. The van der Waals surface area contributed by atoms with Gasteiger partial charge in [-0.3, -0.25) is 0 Å². The summed E-state index contributed by atoms with van der Waals surface area (Å²) in [5.41, 5.74) is 2.32. The van der Waals surface area contributed by atoms with Gasteiger partial charge in [-0.05, 0) is 13.1 Å². The largest absolute Gasteiger partial charge is 0.464 e. The van der Waals surface area contributed by atoms with E-state index >= 15 is 0 Å². The monoisotopic (exact) mass is 217 g/mol. The maximum atomic E-state index is 5.59. The molecule has 3 rings (SSSR count). The van der Waals surface area contributed by atoms with E-state index < -0.39 is 0 Å². The molecule has 1 aliphatic heterocycles. The highest BCUT2D eigenvalue weighted by Crippen LogP contribution is 2.37. The van der Waals surface area contributed by atoms with Gasteiger partial charge in [0.2, 0.25) is 0 Å². The Bertz CT molecular complexity index is 499. The molecule has 0 radical (unpaired) electrons. The van der Waals surface area contributed by atoms with Crippen LogP contribution in [0.15, 0.2) is 34.9 Å². The van der Waals surface area contributed by atoms with Crippen molar-refractivity contribution in [1.82, 2.24) is 5.32 Å². The normalized spacial score (nSPS) is 18.6. The van der Waals surface area contributed by atoms with Crippen LogP contribution < -0.4 is 5.32 Å². The number of benzene rings is 1. The molecule has 0 amide bonds. The van der Waals surface area contributed by atoms with Gasteiger partial charge in [0.25, 0.3) is 0 Å². The van der Waals surface area contributed by atoms with E-state index in [2.05, 4.69) is 11.4 Å². The van der Waals surface area contributed by atoms with E-state index in [1.807, 2.05) is 31.5 Å². The number of nitrogens with one attached hydrogen (secondary N) is 1. The van der Waals surface area contributed by atoms with Crippen molar-refractivity contribution in [1.29, 1.82) is 0 Å². The van der Waals surface area contributed by atoms with Crippen molar-refractivity contribution in [3.05, 3.63) is 36.1 Å². The van der Waals surface area contributed by atoms with Gasteiger partial charge in [-0.15, -0.1) is 0 Å². The average Bonchev–Trinajstić information content (AvgIpc) is 2.68. The fraction of sp³-hybridized carbons (Fsp3) is 0.385. The fourth-order valence-electron chi connectivity index (χ4n) is 2.43. The Kier molecular flexibility index (Phi) is 2.23. The number of para-hydroxylation sites is 1. The molecule has 3 heteroatoms. The van der Waals surface area contributed by atoms with Crippen molar-refractivity contribution in [2.24, 2.45) is 0 Å². The van der Waals surface area contributed by atoms with Gasteiger partial charge in [-0.1, -0.05) is 18.2 Å². The topological polar surface area (TPSA) is 34.4 Å². The summed E-state index contributed by atoms with van der Waals surface area (Å²) in [7, 11) is 1.97. The molecule has 1 saturated heterocycles. The molecule has 0 spiro atoms. The van der Waals surface area contributed by atoms with E-state index in [-0.39, 0.29) is 5.41 Å². The first-order chi connectivity index (χ1) is 7.86. The Labute approximate surface area is 94.4 Å². The number of likely N-dealkylation sites (N-methyl/N-ethyl adjacent to an activating group) is 1. The number of rotatable bonds is 3. The van der Waals surface area contributed by atoms with Crippen molar-refractivity contribution < 1.29 is 9.15 Å². The summed E-state index contributed by atoms with van der Waals surface area (Å²) >= 11 is 0. The van der Waals surface area contributed by atoms with Gasteiger partial charge in [0, 0.05) is 17.5 Å². The number of hydrogen-bond donors (Lipinski definition) is 1. The van der Waals surface area contributed by atoms with Crippen molar-refractivity contribution in [3.63, 3.8) is 0 Å². The standard InChI is InChI=1S/C13H15NO2/c1-14-7-13(8-15-9-13)11-6-16-12-5-3-2-4-10(11)12/h2-6,14H,7-9H2,1H3. The predicted molar refractivity (Wildman–Crippen MR) is 62.6 cm³/mol. The maximum Gasteiger partial charge on any atom is 0.134 e. The van der Waals surface area contributed by atoms with E-state index in [0.717, 1.165) is 25.3 Å².